The fraction of sp³-hybridized carbons (Fsp3) is 0.143. The molecule has 2 aliphatic carbocycles. The van der Waals surface area contributed by atoms with Crippen LogP contribution in [-0.2, 0) is 11.8 Å². The number of hydrogen-bond donors (Lipinski definition) is 1. The molecule has 0 saturated heterocycles. The summed E-state index contributed by atoms with van der Waals surface area (Å²) in [5.74, 6) is 0. The van der Waals surface area contributed by atoms with Gasteiger partial charge in [0, 0.05) is 0 Å². The summed E-state index contributed by atoms with van der Waals surface area (Å²) < 4.78 is 0. The van der Waals surface area contributed by atoms with Gasteiger partial charge in [-0.15, -0.1) is 0 Å². The fourth-order valence-electron chi connectivity index (χ4n) is 4.47. The van der Waals surface area contributed by atoms with Gasteiger partial charge in [-0.1, -0.05) is 72.8 Å². The van der Waals surface area contributed by atoms with Gasteiger partial charge in [0.05, 0.1) is 11.5 Å². The number of fused-ring (bicyclic) bond motifs is 6. The molecule has 0 fully saturated rings. The molecular weight excluding hydrogens is 268 g/mol. The summed E-state index contributed by atoms with van der Waals surface area (Å²) >= 11 is 0. The van der Waals surface area contributed by atoms with Crippen molar-refractivity contribution in [3.05, 3.63) is 95.1 Å². The molecule has 0 bridgehead atoms. The van der Waals surface area contributed by atoms with Crippen molar-refractivity contribution >= 4 is 0 Å². The Balaban J connectivity index is 1.87. The Morgan fingerprint density at radius 3 is 1.91 bits per heavy atom. The van der Waals surface area contributed by atoms with E-state index in [1.54, 1.807) is 0 Å². The van der Waals surface area contributed by atoms with Crippen LogP contribution in [0.4, 0.5) is 0 Å². The van der Waals surface area contributed by atoms with Crippen LogP contribution in [0, 0.1) is 0 Å². The highest BCUT2D eigenvalue weighted by Crippen LogP contribution is 2.59. The molecule has 5 rings (SSSR count). The van der Waals surface area contributed by atoms with Crippen molar-refractivity contribution in [3.63, 3.8) is 0 Å². The van der Waals surface area contributed by atoms with E-state index in [1.807, 2.05) is 6.07 Å². The molecule has 0 aliphatic heterocycles. The van der Waals surface area contributed by atoms with Gasteiger partial charge in [-0.25, -0.2) is 0 Å². The van der Waals surface area contributed by atoms with Crippen LogP contribution in [0.15, 0.2) is 72.8 Å². The van der Waals surface area contributed by atoms with Gasteiger partial charge in [0.1, 0.15) is 0 Å². The summed E-state index contributed by atoms with van der Waals surface area (Å²) in [7, 11) is 0. The lowest BCUT2D eigenvalue weighted by molar-refractivity contribution is 0.120. The zero-order valence-electron chi connectivity index (χ0n) is 12.2. The van der Waals surface area contributed by atoms with Crippen LogP contribution < -0.4 is 0 Å². The van der Waals surface area contributed by atoms with Crippen molar-refractivity contribution in [2.75, 3.05) is 0 Å². The molecular formula is C21H16O. The van der Waals surface area contributed by atoms with Crippen molar-refractivity contribution in [2.24, 2.45) is 0 Å². The highest BCUT2D eigenvalue weighted by atomic mass is 16.3. The van der Waals surface area contributed by atoms with E-state index in [1.165, 1.54) is 27.8 Å². The van der Waals surface area contributed by atoms with Gasteiger partial charge in [0.25, 0.3) is 0 Å². The van der Waals surface area contributed by atoms with Crippen molar-refractivity contribution < 1.29 is 5.11 Å². The molecule has 1 spiro atoms. The molecule has 3 aromatic carbocycles. The summed E-state index contributed by atoms with van der Waals surface area (Å²) in [6, 6.07) is 25.4. The van der Waals surface area contributed by atoms with Crippen LogP contribution in [0.2, 0.25) is 0 Å². The number of benzene rings is 3. The van der Waals surface area contributed by atoms with Gasteiger partial charge in [0.15, 0.2) is 0 Å². The smallest absolute Gasteiger partial charge is 0.0933 e. The van der Waals surface area contributed by atoms with Crippen LogP contribution in [0.5, 0.6) is 0 Å². The van der Waals surface area contributed by atoms with Gasteiger partial charge in [-0.2, -0.15) is 0 Å². The molecule has 106 valence electrons. The lowest BCUT2D eigenvalue weighted by Crippen LogP contribution is -2.30. The van der Waals surface area contributed by atoms with E-state index in [2.05, 4.69) is 66.7 Å². The summed E-state index contributed by atoms with van der Waals surface area (Å²) in [5, 5.41) is 11.2. The largest absolute Gasteiger partial charge is 0.387 e. The zero-order valence-corrected chi connectivity index (χ0v) is 12.2. The second-order valence-electron chi connectivity index (χ2n) is 6.34. The van der Waals surface area contributed by atoms with Crippen molar-refractivity contribution in [1.82, 2.24) is 0 Å². The molecule has 0 unspecified atom stereocenters. The molecule has 1 atom stereocenters. The van der Waals surface area contributed by atoms with E-state index in [-0.39, 0.29) is 5.41 Å². The van der Waals surface area contributed by atoms with Crippen LogP contribution >= 0.6 is 0 Å². The molecule has 3 aromatic rings. The minimum absolute atomic E-state index is 0.323. The highest BCUT2D eigenvalue weighted by molar-refractivity contribution is 5.82. The lowest BCUT2D eigenvalue weighted by atomic mass is 9.74. The third kappa shape index (κ3) is 1.28. The molecule has 0 radical (unpaired) electrons. The number of aliphatic hydroxyl groups excluding tert-OH is 1. The third-order valence-corrected chi connectivity index (χ3v) is 5.39. The maximum Gasteiger partial charge on any atom is 0.0933 e. The first-order chi connectivity index (χ1) is 10.8. The first kappa shape index (κ1) is 12.2. The second-order valence-corrected chi connectivity index (χ2v) is 6.34. The summed E-state index contributed by atoms with van der Waals surface area (Å²) in [5.41, 5.74) is 7.09. The minimum Gasteiger partial charge on any atom is -0.387 e. The Hall–Kier alpha value is -2.38. The Morgan fingerprint density at radius 2 is 1.27 bits per heavy atom. The molecule has 0 amide bonds. The second kappa shape index (κ2) is 4.08. The van der Waals surface area contributed by atoms with Crippen LogP contribution in [0.1, 0.15) is 28.4 Å². The van der Waals surface area contributed by atoms with Gasteiger partial charge in [-0.05, 0) is 39.8 Å². The summed E-state index contributed by atoms with van der Waals surface area (Å²) in [4.78, 5) is 0. The Bertz CT molecular complexity index is 848. The number of aliphatic hydroxyl groups is 1. The minimum atomic E-state index is -0.478. The standard InChI is InChI=1S/C21H16O/c22-20-15-8-2-1-7-14(15)13-21(20)18-11-5-3-9-16(18)17-10-4-6-12-19(17)21/h1-12,20,22H,13H2/t20-/m1/s1. The SMILES string of the molecule is O[C@@H]1c2ccccc2CC12c1ccccc1-c1ccccc12. The first-order valence-corrected chi connectivity index (χ1v) is 7.77. The van der Waals surface area contributed by atoms with E-state index in [4.69, 9.17) is 0 Å². The monoisotopic (exact) mass is 284 g/mol. The lowest BCUT2D eigenvalue weighted by Gasteiger charge is -2.31. The van der Waals surface area contributed by atoms with Crippen LogP contribution in [0.3, 0.4) is 0 Å². The van der Waals surface area contributed by atoms with E-state index in [0.717, 1.165) is 12.0 Å². The molecule has 1 nitrogen and oxygen atoms in total. The zero-order chi connectivity index (χ0) is 14.7. The Labute approximate surface area is 129 Å². The molecule has 22 heavy (non-hydrogen) atoms. The molecule has 2 aliphatic rings. The molecule has 1 N–H and O–H groups in total. The van der Waals surface area contributed by atoms with E-state index >= 15 is 0 Å². The van der Waals surface area contributed by atoms with Crippen LogP contribution in [-0.4, -0.2) is 5.11 Å². The normalized spacial score (nSPS) is 19.8. The number of hydrogen-bond acceptors (Lipinski definition) is 1. The maximum atomic E-state index is 11.2. The average molecular weight is 284 g/mol. The van der Waals surface area contributed by atoms with Gasteiger partial charge in [-0.3, -0.25) is 0 Å². The van der Waals surface area contributed by atoms with Crippen LogP contribution in [0.25, 0.3) is 11.1 Å². The quantitative estimate of drug-likeness (QED) is 0.654. The van der Waals surface area contributed by atoms with Crippen molar-refractivity contribution in [1.29, 1.82) is 0 Å². The van der Waals surface area contributed by atoms with E-state index in [9.17, 15) is 5.11 Å². The van der Waals surface area contributed by atoms with Gasteiger partial charge >= 0.3 is 0 Å². The average Bonchev–Trinajstić information content (AvgIpc) is 3.04. The molecule has 0 saturated carbocycles. The number of rotatable bonds is 0. The van der Waals surface area contributed by atoms with E-state index < -0.39 is 6.10 Å². The Morgan fingerprint density at radius 1 is 0.727 bits per heavy atom. The predicted octanol–water partition coefficient (Wildman–Crippen LogP) is 4.24. The topological polar surface area (TPSA) is 20.2 Å². The van der Waals surface area contributed by atoms with Crippen molar-refractivity contribution in [3.8, 4) is 11.1 Å². The predicted molar refractivity (Wildman–Crippen MR) is 87.8 cm³/mol. The molecule has 0 aromatic heterocycles. The Kier molecular flexibility index (Phi) is 2.26. The van der Waals surface area contributed by atoms with Gasteiger partial charge in [0.2, 0.25) is 0 Å². The maximum absolute atomic E-state index is 11.2. The van der Waals surface area contributed by atoms with Gasteiger partial charge < -0.3 is 5.11 Å². The first-order valence-electron chi connectivity index (χ1n) is 7.77. The molecule has 1 heteroatoms. The van der Waals surface area contributed by atoms with E-state index in [0.29, 0.717) is 0 Å². The third-order valence-electron chi connectivity index (χ3n) is 5.39. The summed E-state index contributed by atoms with van der Waals surface area (Å²) in [6.45, 7) is 0. The molecule has 0 heterocycles. The van der Waals surface area contributed by atoms with Crippen molar-refractivity contribution in [2.45, 2.75) is 17.9 Å². The highest BCUT2D eigenvalue weighted by Gasteiger charge is 2.52. The fourth-order valence-corrected chi connectivity index (χ4v) is 4.47. The summed E-state index contributed by atoms with van der Waals surface area (Å²) in [6.07, 6.45) is 0.395.